The average Bonchev–Trinajstić information content (AvgIpc) is 2.88. The lowest BCUT2D eigenvalue weighted by atomic mass is 10.1. The van der Waals surface area contributed by atoms with Crippen LogP contribution in [0.2, 0.25) is 5.02 Å². The van der Waals surface area contributed by atoms with Crippen LogP contribution in [0.3, 0.4) is 0 Å². The first-order valence-electron chi connectivity index (χ1n) is 7.48. The number of fused-ring (bicyclic) bond motifs is 1. The molecule has 2 atom stereocenters. The summed E-state index contributed by atoms with van der Waals surface area (Å²) in [6.45, 7) is 6.75. The first-order chi connectivity index (χ1) is 9.67. The zero-order valence-corrected chi connectivity index (χ0v) is 13.0. The highest BCUT2D eigenvalue weighted by molar-refractivity contribution is 6.31. The van der Waals surface area contributed by atoms with E-state index in [0.717, 1.165) is 35.7 Å². The smallest absolute Gasteiger partial charge is 0.126 e. The SMILES string of the molecule is CNc1ccc(Cl)c(CN2CC3CCCN3CC2C)n1. The molecule has 4 nitrogen and oxygen atoms in total. The van der Waals surface area contributed by atoms with Gasteiger partial charge in [0.1, 0.15) is 5.82 Å². The Balaban J connectivity index is 1.73. The van der Waals surface area contributed by atoms with Gasteiger partial charge in [-0.05, 0) is 38.4 Å². The molecule has 2 aliphatic rings. The molecule has 0 amide bonds. The van der Waals surface area contributed by atoms with E-state index in [0.29, 0.717) is 6.04 Å². The second-order valence-corrected chi connectivity index (χ2v) is 6.35. The van der Waals surface area contributed by atoms with E-state index in [1.165, 1.54) is 25.9 Å². The Kier molecular flexibility index (Phi) is 4.15. The Hall–Kier alpha value is -0.840. The number of hydrogen-bond donors (Lipinski definition) is 1. The Bertz CT molecular complexity index is 479. The van der Waals surface area contributed by atoms with Gasteiger partial charge in [0, 0.05) is 38.8 Å². The van der Waals surface area contributed by atoms with Gasteiger partial charge >= 0.3 is 0 Å². The predicted octanol–water partition coefficient (Wildman–Crippen LogP) is 2.45. The minimum absolute atomic E-state index is 0.570. The lowest BCUT2D eigenvalue weighted by Crippen LogP contribution is -2.54. The first-order valence-corrected chi connectivity index (χ1v) is 7.86. The summed E-state index contributed by atoms with van der Waals surface area (Å²) < 4.78 is 0. The van der Waals surface area contributed by atoms with Crippen LogP contribution < -0.4 is 5.32 Å². The maximum Gasteiger partial charge on any atom is 0.126 e. The fourth-order valence-corrected chi connectivity index (χ4v) is 3.56. The van der Waals surface area contributed by atoms with Crippen LogP contribution >= 0.6 is 11.6 Å². The van der Waals surface area contributed by atoms with Crippen molar-refractivity contribution < 1.29 is 0 Å². The summed E-state index contributed by atoms with van der Waals surface area (Å²) in [6.07, 6.45) is 2.68. The molecule has 1 aromatic rings. The predicted molar refractivity (Wildman–Crippen MR) is 83.3 cm³/mol. The third-order valence-electron chi connectivity index (χ3n) is 4.59. The Labute approximate surface area is 126 Å². The number of anilines is 1. The molecule has 2 saturated heterocycles. The molecule has 3 heterocycles. The molecule has 0 saturated carbocycles. The Morgan fingerprint density at radius 2 is 2.25 bits per heavy atom. The van der Waals surface area contributed by atoms with E-state index in [2.05, 4.69) is 27.0 Å². The quantitative estimate of drug-likeness (QED) is 0.928. The van der Waals surface area contributed by atoms with E-state index in [1.54, 1.807) is 0 Å². The minimum atomic E-state index is 0.570. The average molecular weight is 295 g/mol. The van der Waals surface area contributed by atoms with Crippen LogP contribution in [0.4, 0.5) is 5.82 Å². The summed E-state index contributed by atoms with van der Waals surface area (Å²) in [5, 5.41) is 3.85. The molecule has 2 fully saturated rings. The highest BCUT2D eigenvalue weighted by Gasteiger charge is 2.34. The zero-order valence-electron chi connectivity index (χ0n) is 12.3. The van der Waals surface area contributed by atoms with Crippen molar-refractivity contribution in [3.8, 4) is 0 Å². The summed E-state index contributed by atoms with van der Waals surface area (Å²) in [5.74, 6) is 0.886. The Morgan fingerprint density at radius 3 is 3.05 bits per heavy atom. The number of halogens is 1. The van der Waals surface area contributed by atoms with Crippen molar-refractivity contribution in [1.29, 1.82) is 0 Å². The fourth-order valence-electron chi connectivity index (χ4n) is 3.39. The molecule has 0 radical (unpaired) electrons. The maximum absolute atomic E-state index is 6.30. The second-order valence-electron chi connectivity index (χ2n) is 5.94. The van der Waals surface area contributed by atoms with Gasteiger partial charge in [0.05, 0.1) is 10.7 Å². The molecule has 2 unspecified atom stereocenters. The van der Waals surface area contributed by atoms with E-state index in [9.17, 15) is 0 Å². The van der Waals surface area contributed by atoms with Crippen LogP contribution in [0.25, 0.3) is 0 Å². The van der Waals surface area contributed by atoms with Crippen molar-refractivity contribution >= 4 is 17.4 Å². The highest BCUT2D eigenvalue weighted by Crippen LogP contribution is 2.27. The molecule has 2 aliphatic heterocycles. The van der Waals surface area contributed by atoms with Crippen molar-refractivity contribution in [2.75, 3.05) is 32.0 Å². The normalized spacial score (nSPS) is 27.6. The molecule has 3 rings (SSSR count). The van der Waals surface area contributed by atoms with Crippen molar-refractivity contribution in [2.24, 2.45) is 0 Å². The van der Waals surface area contributed by atoms with Crippen molar-refractivity contribution in [1.82, 2.24) is 14.8 Å². The van der Waals surface area contributed by atoms with Crippen molar-refractivity contribution in [3.63, 3.8) is 0 Å². The van der Waals surface area contributed by atoms with Crippen molar-refractivity contribution in [2.45, 2.75) is 38.4 Å². The van der Waals surface area contributed by atoms with Gasteiger partial charge in [-0.15, -0.1) is 0 Å². The van der Waals surface area contributed by atoms with Crippen LogP contribution in [0, 0.1) is 0 Å². The highest BCUT2D eigenvalue weighted by atomic mass is 35.5. The third kappa shape index (κ3) is 2.78. The molecule has 0 aliphatic carbocycles. The number of hydrogen-bond acceptors (Lipinski definition) is 4. The lowest BCUT2D eigenvalue weighted by Gasteiger charge is -2.42. The number of nitrogens with one attached hydrogen (secondary N) is 1. The van der Waals surface area contributed by atoms with E-state index >= 15 is 0 Å². The number of aromatic nitrogens is 1. The maximum atomic E-state index is 6.30. The fraction of sp³-hybridized carbons (Fsp3) is 0.667. The molecule has 110 valence electrons. The molecular formula is C15H23ClN4. The molecule has 1 N–H and O–H groups in total. The van der Waals surface area contributed by atoms with E-state index in [4.69, 9.17) is 11.6 Å². The van der Waals surface area contributed by atoms with Gasteiger partial charge in [-0.25, -0.2) is 4.98 Å². The van der Waals surface area contributed by atoms with Gasteiger partial charge in [-0.2, -0.15) is 0 Å². The van der Waals surface area contributed by atoms with Gasteiger partial charge in [0.25, 0.3) is 0 Å². The summed E-state index contributed by atoms with van der Waals surface area (Å²) in [6, 6.07) is 5.16. The first kappa shape index (κ1) is 14.1. The molecule has 20 heavy (non-hydrogen) atoms. The second kappa shape index (κ2) is 5.88. The summed E-state index contributed by atoms with van der Waals surface area (Å²) >= 11 is 6.30. The van der Waals surface area contributed by atoms with Gasteiger partial charge in [-0.3, -0.25) is 9.80 Å². The monoisotopic (exact) mass is 294 g/mol. The van der Waals surface area contributed by atoms with Crippen LogP contribution in [0.1, 0.15) is 25.5 Å². The molecule has 0 bridgehead atoms. The van der Waals surface area contributed by atoms with Gasteiger partial charge in [-0.1, -0.05) is 11.6 Å². The van der Waals surface area contributed by atoms with E-state index in [-0.39, 0.29) is 0 Å². The summed E-state index contributed by atoms with van der Waals surface area (Å²) in [4.78, 5) is 9.77. The van der Waals surface area contributed by atoms with Crippen LogP contribution in [0.5, 0.6) is 0 Å². The standard InChI is InChI=1S/C15H23ClN4/c1-11-8-19-7-3-4-12(19)9-20(11)10-14-13(16)5-6-15(17-2)18-14/h5-6,11-12H,3-4,7-10H2,1-2H3,(H,17,18). The summed E-state index contributed by atoms with van der Waals surface area (Å²) in [5.41, 5.74) is 0.983. The number of pyridine rings is 1. The summed E-state index contributed by atoms with van der Waals surface area (Å²) in [7, 11) is 1.89. The van der Waals surface area contributed by atoms with Gasteiger partial charge < -0.3 is 5.32 Å². The van der Waals surface area contributed by atoms with Gasteiger partial charge in [0.2, 0.25) is 0 Å². The zero-order chi connectivity index (χ0) is 14.1. The van der Waals surface area contributed by atoms with Crippen LogP contribution in [-0.4, -0.2) is 53.5 Å². The largest absolute Gasteiger partial charge is 0.373 e. The lowest BCUT2D eigenvalue weighted by molar-refractivity contribution is 0.0532. The molecule has 1 aromatic heterocycles. The van der Waals surface area contributed by atoms with E-state index < -0.39 is 0 Å². The molecule has 0 aromatic carbocycles. The minimum Gasteiger partial charge on any atom is -0.373 e. The van der Waals surface area contributed by atoms with E-state index in [1.807, 2.05) is 19.2 Å². The van der Waals surface area contributed by atoms with Crippen LogP contribution in [0.15, 0.2) is 12.1 Å². The number of piperazine rings is 1. The Morgan fingerprint density at radius 1 is 1.40 bits per heavy atom. The number of nitrogens with zero attached hydrogens (tertiary/aromatic N) is 3. The number of rotatable bonds is 3. The molecule has 0 spiro atoms. The molecular weight excluding hydrogens is 272 g/mol. The van der Waals surface area contributed by atoms with Crippen LogP contribution in [-0.2, 0) is 6.54 Å². The topological polar surface area (TPSA) is 31.4 Å². The molecule has 5 heteroatoms. The van der Waals surface area contributed by atoms with Crippen molar-refractivity contribution in [3.05, 3.63) is 22.8 Å². The third-order valence-corrected chi connectivity index (χ3v) is 4.94. The van der Waals surface area contributed by atoms with Gasteiger partial charge in [0.15, 0.2) is 0 Å².